The third-order valence-corrected chi connectivity index (χ3v) is 2.98. The molecule has 20 heavy (non-hydrogen) atoms. The fourth-order valence-electron chi connectivity index (χ4n) is 2.22. The molecule has 1 atom stereocenters. The Labute approximate surface area is 121 Å². The van der Waals surface area contributed by atoms with Crippen molar-refractivity contribution in [1.82, 2.24) is 14.9 Å². The van der Waals surface area contributed by atoms with E-state index in [9.17, 15) is 0 Å². The number of rotatable bonds is 8. The number of aromatic nitrogens is 2. The van der Waals surface area contributed by atoms with Crippen molar-refractivity contribution < 1.29 is 4.74 Å². The number of nitrogens with one attached hydrogen (secondary N) is 1. The molecule has 0 aliphatic carbocycles. The molecule has 0 bridgehead atoms. The molecule has 3 N–H and O–H groups in total. The van der Waals surface area contributed by atoms with E-state index in [0.29, 0.717) is 24.3 Å². The largest absolute Gasteiger partial charge is 0.377 e. The number of methoxy groups -OCH3 is 1. The van der Waals surface area contributed by atoms with E-state index < -0.39 is 0 Å². The van der Waals surface area contributed by atoms with Gasteiger partial charge < -0.3 is 20.0 Å². The summed E-state index contributed by atoms with van der Waals surface area (Å²) in [5.74, 6) is 7.55. The molecule has 1 aromatic heterocycles. The first-order valence-corrected chi connectivity index (χ1v) is 6.76. The number of anilines is 2. The van der Waals surface area contributed by atoms with Crippen LogP contribution >= 0.6 is 0 Å². The zero-order valence-corrected chi connectivity index (χ0v) is 13.1. The van der Waals surface area contributed by atoms with Crippen LogP contribution in [-0.2, 0) is 11.3 Å². The summed E-state index contributed by atoms with van der Waals surface area (Å²) >= 11 is 0. The predicted molar refractivity (Wildman–Crippen MR) is 81.6 cm³/mol. The number of ether oxygens (including phenoxy) is 1. The fraction of sp³-hybridized carbons (Fsp3) is 0.692. The van der Waals surface area contributed by atoms with Crippen LogP contribution in [0.25, 0.3) is 0 Å². The van der Waals surface area contributed by atoms with Crippen molar-refractivity contribution in [2.24, 2.45) is 5.84 Å². The first kappa shape index (κ1) is 16.6. The van der Waals surface area contributed by atoms with Crippen LogP contribution < -0.4 is 16.2 Å². The average molecular weight is 282 g/mol. The van der Waals surface area contributed by atoms with E-state index in [4.69, 9.17) is 10.6 Å². The van der Waals surface area contributed by atoms with Gasteiger partial charge in [0.15, 0.2) is 5.82 Å². The minimum Gasteiger partial charge on any atom is -0.377 e. The molecule has 0 aliphatic rings. The predicted octanol–water partition coefficient (Wildman–Crippen LogP) is 0.685. The number of likely N-dealkylation sites (N-methyl/N-ethyl adjacent to an activating group) is 2. The molecule has 0 amide bonds. The summed E-state index contributed by atoms with van der Waals surface area (Å²) in [5, 5.41) is 0. The lowest BCUT2D eigenvalue weighted by Crippen LogP contribution is -2.40. The van der Waals surface area contributed by atoms with Gasteiger partial charge in [0.25, 0.3) is 0 Å². The molecule has 1 rings (SSSR count). The number of nitrogen functional groups attached to an aromatic ring is 1. The molecule has 0 aliphatic heterocycles. The minimum atomic E-state index is 0.339. The fourth-order valence-corrected chi connectivity index (χ4v) is 2.22. The van der Waals surface area contributed by atoms with Gasteiger partial charge >= 0.3 is 0 Å². The molecule has 0 saturated heterocycles. The lowest BCUT2D eigenvalue weighted by Gasteiger charge is -2.31. The van der Waals surface area contributed by atoms with Gasteiger partial charge in [-0.3, -0.25) is 0 Å². The second-order valence-electron chi connectivity index (χ2n) is 5.00. The molecular weight excluding hydrogens is 256 g/mol. The second kappa shape index (κ2) is 7.98. The van der Waals surface area contributed by atoms with Crippen molar-refractivity contribution in [2.75, 3.05) is 44.6 Å². The van der Waals surface area contributed by atoms with Crippen molar-refractivity contribution in [2.45, 2.75) is 26.5 Å². The van der Waals surface area contributed by atoms with E-state index in [1.165, 1.54) is 0 Å². The van der Waals surface area contributed by atoms with Crippen LogP contribution in [0.5, 0.6) is 0 Å². The molecule has 114 valence electrons. The Hall–Kier alpha value is -1.44. The van der Waals surface area contributed by atoms with Gasteiger partial charge in [-0.05, 0) is 27.9 Å². The topological polar surface area (TPSA) is 79.5 Å². The monoisotopic (exact) mass is 282 g/mol. The summed E-state index contributed by atoms with van der Waals surface area (Å²) in [4.78, 5) is 13.2. The molecule has 0 radical (unpaired) electrons. The Kier molecular flexibility index (Phi) is 6.63. The number of nitrogens with zero attached hydrogens (tertiary/aromatic N) is 4. The van der Waals surface area contributed by atoms with Crippen LogP contribution in [0.1, 0.15) is 19.7 Å². The standard InChI is InChI=1S/C13H26N6O/c1-6-19(10(2)8-18(3)4)13-7-11(17-14)15-12(16-13)9-20-5/h7,10H,6,8-9,14H2,1-5H3,(H,15,16,17). The number of hydrazine groups is 1. The van der Waals surface area contributed by atoms with Crippen molar-refractivity contribution in [3.63, 3.8) is 0 Å². The Bertz CT molecular complexity index is 412. The highest BCUT2D eigenvalue weighted by atomic mass is 16.5. The van der Waals surface area contributed by atoms with Crippen LogP contribution in [0.15, 0.2) is 6.07 Å². The SMILES string of the molecule is CCN(c1cc(NN)nc(COC)n1)C(C)CN(C)C. The third kappa shape index (κ3) is 4.59. The molecule has 0 saturated carbocycles. The van der Waals surface area contributed by atoms with Gasteiger partial charge in [-0.25, -0.2) is 15.8 Å². The average Bonchev–Trinajstić information content (AvgIpc) is 2.38. The Morgan fingerprint density at radius 2 is 2.10 bits per heavy atom. The van der Waals surface area contributed by atoms with Gasteiger partial charge in [-0.2, -0.15) is 0 Å². The molecule has 7 nitrogen and oxygen atoms in total. The number of hydrogen-bond acceptors (Lipinski definition) is 7. The van der Waals surface area contributed by atoms with Gasteiger partial charge in [0.1, 0.15) is 18.2 Å². The molecule has 7 heteroatoms. The van der Waals surface area contributed by atoms with E-state index in [-0.39, 0.29) is 0 Å². The Morgan fingerprint density at radius 3 is 2.60 bits per heavy atom. The van der Waals surface area contributed by atoms with Crippen LogP contribution in [0.2, 0.25) is 0 Å². The zero-order valence-electron chi connectivity index (χ0n) is 13.1. The quantitative estimate of drug-likeness (QED) is 0.536. The summed E-state index contributed by atoms with van der Waals surface area (Å²) in [5.41, 5.74) is 2.58. The Balaban J connectivity index is 3.03. The summed E-state index contributed by atoms with van der Waals surface area (Å²) in [6.07, 6.45) is 0. The normalized spacial score (nSPS) is 12.6. The van der Waals surface area contributed by atoms with Gasteiger partial charge in [0, 0.05) is 32.3 Å². The van der Waals surface area contributed by atoms with Gasteiger partial charge in [-0.1, -0.05) is 0 Å². The van der Waals surface area contributed by atoms with Crippen molar-refractivity contribution >= 4 is 11.6 Å². The molecule has 1 heterocycles. The van der Waals surface area contributed by atoms with Gasteiger partial charge in [0.2, 0.25) is 0 Å². The van der Waals surface area contributed by atoms with E-state index in [0.717, 1.165) is 18.9 Å². The number of nitrogens with two attached hydrogens (primary N) is 1. The molecule has 0 aromatic carbocycles. The van der Waals surface area contributed by atoms with Crippen molar-refractivity contribution in [3.8, 4) is 0 Å². The minimum absolute atomic E-state index is 0.339. The van der Waals surface area contributed by atoms with E-state index in [1.807, 2.05) is 6.07 Å². The van der Waals surface area contributed by atoms with Crippen LogP contribution in [-0.4, -0.2) is 55.2 Å². The van der Waals surface area contributed by atoms with Crippen LogP contribution in [0.4, 0.5) is 11.6 Å². The van der Waals surface area contributed by atoms with Crippen molar-refractivity contribution in [1.29, 1.82) is 0 Å². The molecule has 1 aromatic rings. The lowest BCUT2D eigenvalue weighted by atomic mass is 10.2. The zero-order chi connectivity index (χ0) is 15.1. The molecule has 0 spiro atoms. The van der Waals surface area contributed by atoms with Crippen LogP contribution in [0.3, 0.4) is 0 Å². The lowest BCUT2D eigenvalue weighted by molar-refractivity contribution is 0.178. The summed E-state index contributed by atoms with van der Waals surface area (Å²) in [7, 11) is 5.75. The highest BCUT2D eigenvalue weighted by Gasteiger charge is 2.16. The third-order valence-electron chi connectivity index (χ3n) is 2.98. The van der Waals surface area contributed by atoms with E-state index >= 15 is 0 Å². The summed E-state index contributed by atoms with van der Waals surface area (Å²) in [6, 6.07) is 2.19. The maximum absolute atomic E-state index is 5.47. The maximum Gasteiger partial charge on any atom is 0.158 e. The first-order valence-electron chi connectivity index (χ1n) is 6.76. The maximum atomic E-state index is 5.47. The van der Waals surface area contributed by atoms with Gasteiger partial charge in [-0.15, -0.1) is 0 Å². The molecular formula is C13H26N6O. The van der Waals surface area contributed by atoms with Crippen LogP contribution in [0, 0.1) is 0 Å². The van der Waals surface area contributed by atoms with E-state index in [2.05, 4.69) is 53.1 Å². The number of hydrogen-bond donors (Lipinski definition) is 2. The highest BCUT2D eigenvalue weighted by Crippen LogP contribution is 2.18. The second-order valence-corrected chi connectivity index (χ2v) is 5.00. The molecule has 1 unspecified atom stereocenters. The van der Waals surface area contributed by atoms with Crippen molar-refractivity contribution in [3.05, 3.63) is 11.9 Å². The summed E-state index contributed by atoms with van der Waals surface area (Å²) in [6.45, 7) is 6.46. The smallest absolute Gasteiger partial charge is 0.158 e. The molecule has 0 fully saturated rings. The van der Waals surface area contributed by atoms with E-state index in [1.54, 1.807) is 7.11 Å². The Morgan fingerprint density at radius 1 is 1.40 bits per heavy atom. The summed E-state index contributed by atoms with van der Waals surface area (Å²) < 4.78 is 5.10. The highest BCUT2D eigenvalue weighted by molar-refractivity contribution is 5.49. The van der Waals surface area contributed by atoms with Gasteiger partial charge in [0.05, 0.1) is 0 Å². The first-order chi connectivity index (χ1) is 9.51.